The van der Waals surface area contributed by atoms with Crippen LogP contribution in [0.1, 0.15) is 51.4 Å². The Kier molecular flexibility index (Phi) is 9.59. The maximum Gasteiger partial charge on any atom is 0.372 e. The van der Waals surface area contributed by atoms with Crippen LogP contribution >= 0.6 is 11.6 Å². The number of hydrogen-bond donors (Lipinski definition) is 1. The predicted molar refractivity (Wildman–Crippen MR) is 60.3 cm³/mol. The number of carboxylic acids is 1. The van der Waals surface area contributed by atoms with Crippen LogP contribution in [0.15, 0.2) is 0 Å². The number of rotatable bonds is 10. The molecule has 3 nitrogen and oxygen atoms in total. The van der Waals surface area contributed by atoms with Crippen molar-refractivity contribution < 1.29 is 14.7 Å². The van der Waals surface area contributed by atoms with Crippen molar-refractivity contribution in [2.45, 2.75) is 51.4 Å². The summed E-state index contributed by atoms with van der Waals surface area (Å²) in [6.45, 7) is 0. The van der Waals surface area contributed by atoms with E-state index >= 15 is 0 Å². The lowest BCUT2D eigenvalue weighted by molar-refractivity contribution is -0.149. The van der Waals surface area contributed by atoms with Gasteiger partial charge in [0.15, 0.2) is 0 Å². The fraction of sp³-hybridized carbons (Fsp3) is 0.818. The van der Waals surface area contributed by atoms with Gasteiger partial charge in [0, 0.05) is 12.3 Å². The van der Waals surface area contributed by atoms with Crippen LogP contribution < -0.4 is 0 Å². The minimum atomic E-state index is -1.31. The molecule has 0 fully saturated rings. The van der Waals surface area contributed by atoms with Crippen molar-refractivity contribution in [2.24, 2.45) is 0 Å². The van der Waals surface area contributed by atoms with Crippen LogP contribution in [-0.4, -0.2) is 22.7 Å². The molecule has 0 aromatic heterocycles. The van der Waals surface area contributed by atoms with E-state index in [4.69, 9.17) is 16.7 Å². The fourth-order valence-corrected chi connectivity index (χ4v) is 1.56. The van der Waals surface area contributed by atoms with Gasteiger partial charge in [0.2, 0.25) is 5.78 Å². The summed E-state index contributed by atoms with van der Waals surface area (Å²) in [6, 6.07) is 0. The third-order valence-corrected chi connectivity index (χ3v) is 2.54. The monoisotopic (exact) mass is 234 g/mol. The van der Waals surface area contributed by atoms with Gasteiger partial charge < -0.3 is 5.11 Å². The Morgan fingerprint density at radius 1 is 0.867 bits per heavy atom. The van der Waals surface area contributed by atoms with Crippen LogP contribution in [0.4, 0.5) is 0 Å². The number of carboxylic acid groups (broad SMARTS) is 1. The van der Waals surface area contributed by atoms with E-state index in [0.29, 0.717) is 6.42 Å². The van der Waals surface area contributed by atoms with Crippen LogP contribution in [-0.2, 0) is 9.59 Å². The molecule has 0 aliphatic heterocycles. The molecule has 0 atom stereocenters. The first-order chi connectivity index (χ1) is 7.18. The summed E-state index contributed by atoms with van der Waals surface area (Å²) in [7, 11) is 0. The SMILES string of the molecule is O=C(O)C(=O)CCCCCCCCCCl. The summed E-state index contributed by atoms with van der Waals surface area (Å²) in [5.41, 5.74) is 0. The van der Waals surface area contributed by atoms with Crippen LogP contribution in [0.2, 0.25) is 0 Å². The third-order valence-electron chi connectivity index (χ3n) is 2.28. The van der Waals surface area contributed by atoms with Crippen molar-refractivity contribution in [3.05, 3.63) is 0 Å². The Labute approximate surface area is 95.8 Å². The number of hydrogen-bond acceptors (Lipinski definition) is 2. The maximum absolute atomic E-state index is 10.7. The number of carbonyl (C=O) groups excluding carboxylic acids is 1. The molecule has 0 heterocycles. The summed E-state index contributed by atoms with van der Waals surface area (Å²) in [5, 5.41) is 8.32. The predicted octanol–water partition coefficient (Wildman–Crippen LogP) is 3.00. The standard InChI is InChI=1S/C11H19ClO3/c12-9-7-5-3-1-2-4-6-8-10(13)11(14)15/h1-9H2,(H,14,15). The molecular weight excluding hydrogens is 216 g/mol. The lowest BCUT2D eigenvalue weighted by Gasteiger charge is -1.99. The van der Waals surface area contributed by atoms with Gasteiger partial charge in [-0.05, 0) is 12.8 Å². The molecule has 0 rings (SSSR count). The molecule has 0 spiro atoms. The second-order valence-corrected chi connectivity index (χ2v) is 4.02. The van der Waals surface area contributed by atoms with Crippen molar-refractivity contribution in [1.82, 2.24) is 0 Å². The van der Waals surface area contributed by atoms with Gasteiger partial charge in [-0.3, -0.25) is 4.79 Å². The molecule has 0 aromatic rings. The summed E-state index contributed by atoms with van der Waals surface area (Å²) in [5.74, 6) is -1.25. The molecule has 0 bridgehead atoms. The number of ketones is 1. The molecule has 0 aliphatic rings. The van der Waals surface area contributed by atoms with Crippen molar-refractivity contribution in [3.8, 4) is 0 Å². The molecular formula is C11H19ClO3. The average molecular weight is 235 g/mol. The zero-order chi connectivity index (χ0) is 11.5. The van der Waals surface area contributed by atoms with E-state index in [1.165, 1.54) is 6.42 Å². The molecule has 4 heteroatoms. The van der Waals surface area contributed by atoms with Crippen LogP contribution in [0.5, 0.6) is 0 Å². The fourth-order valence-electron chi connectivity index (χ4n) is 1.37. The molecule has 0 aliphatic carbocycles. The molecule has 1 N–H and O–H groups in total. The van der Waals surface area contributed by atoms with E-state index in [-0.39, 0.29) is 6.42 Å². The Morgan fingerprint density at radius 3 is 1.80 bits per heavy atom. The van der Waals surface area contributed by atoms with Gasteiger partial charge in [0.25, 0.3) is 0 Å². The van der Waals surface area contributed by atoms with Gasteiger partial charge >= 0.3 is 5.97 Å². The van der Waals surface area contributed by atoms with Gasteiger partial charge in [0.05, 0.1) is 0 Å². The molecule has 15 heavy (non-hydrogen) atoms. The molecule has 88 valence electrons. The summed E-state index contributed by atoms with van der Waals surface area (Å²) in [6.07, 6.45) is 7.46. The first-order valence-corrected chi connectivity index (χ1v) is 6.04. The molecule has 0 radical (unpaired) electrons. The van der Waals surface area contributed by atoms with E-state index in [9.17, 15) is 9.59 Å². The van der Waals surface area contributed by atoms with Crippen molar-refractivity contribution in [1.29, 1.82) is 0 Å². The molecule has 0 saturated heterocycles. The van der Waals surface area contributed by atoms with Crippen LogP contribution in [0.3, 0.4) is 0 Å². The van der Waals surface area contributed by atoms with Gasteiger partial charge in [-0.2, -0.15) is 0 Å². The van der Waals surface area contributed by atoms with Crippen molar-refractivity contribution >= 4 is 23.4 Å². The number of unbranched alkanes of at least 4 members (excludes halogenated alkanes) is 6. The quantitative estimate of drug-likeness (QED) is 0.359. The Hall–Kier alpha value is -0.570. The Morgan fingerprint density at radius 2 is 1.33 bits per heavy atom. The highest BCUT2D eigenvalue weighted by Crippen LogP contribution is 2.09. The van der Waals surface area contributed by atoms with Crippen LogP contribution in [0, 0.1) is 0 Å². The highest BCUT2D eigenvalue weighted by molar-refractivity contribution is 6.32. The van der Waals surface area contributed by atoms with Crippen molar-refractivity contribution in [2.75, 3.05) is 5.88 Å². The molecule has 0 unspecified atom stereocenters. The van der Waals surface area contributed by atoms with Gasteiger partial charge in [-0.15, -0.1) is 11.6 Å². The second-order valence-electron chi connectivity index (χ2n) is 3.64. The summed E-state index contributed by atoms with van der Waals surface area (Å²) >= 11 is 5.54. The third kappa shape index (κ3) is 9.73. The van der Waals surface area contributed by atoms with Gasteiger partial charge in [-0.1, -0.05) is 32.1 Å². The van der Waals surface area contributed by atoms with Gasteiger partial charge in [0.1, 0.15) is 0 Å². The number of carbonyl (C=O) groups is 2. The normalized spacial score (nSPS) is 10.2. The second kappa shape index (κ2) is 9.97. The van der Waals surface area contributed by atoms with E-state index < -0.39 is 11.8 Å². The average Bonchev–Trinajstić information content (AvgIpc) is 2.21. The van der Waals surface area contributed by atoms with E-state index in [2.05, 4.69) is 0 Å². The first-order valence-electron chi connectivity index (χ1n) is 5.50. The Bertz CT molecular complexity index is 192. The first kappa shape index (κ1) is 14.4. The van der Waals surface area contributed by atoms with Crippen molar-refractivity contribution in [3.63, 3.8) is 0 Å². The minimum absolute atomic E-state index is 0.178. The van der Waals surface area contributed by atoms with E-state index in [0.717, 1.165) is 38.0 Å². The van der Waals surface area contributed by atoms with E-state index in [1.54, 1.807) is 0 Å². The molecule has 0 amide bonds. The van der Waals surface area contributed by atoms with E-state index in [1.807, 2.05) is 0 Å². The molecule has 0 saturated carbocycles. The zero-order valence-corrected chi connectivity index (χ0v) is 9.76. The zero-order valence-electron chi connectivity index (χ0n) is 9.01. The Balaban J connectivity index is 3.11. The minimum Gasteiger partial charge on any atom is -0.476 e. The molecule has 0 aromatic carbocycles. The largest absolute Gasteiger partial charge is 0.476 e. The number of alkyl halides is 1. The maximum atomic E-state index is 10.7. The number of halogens is 1. The topological polar surface area (TPSA) is 54.4 Å². The number of aliphatic carboxylic acids is 1. The smallest absolute Gasteiger partial charge is 0.372 e. The van der Waals surface area contributed by atoms with Gasteiger partial charge in [-0.25, -0.2) is 4.79 Å². The summed E-state index contributed by atoms with van der Waals surface area (Å²) < 4.78 is 0. The lowest BCUT2D eigenvalue weighted by Crippen LogP contribution is -2.11. The highest BCUT2D eigenvalue weighted by Gasteiger charge is 2.09. The number of Topliss-reactive ketones (excluding diaryl/α,β-unsaturated/α-hetero) is 1. The highest BCUT2D eigenvalue weighted by atomic mass is 35.5. The summed E-state index contributed by atoms with van der Waals surface area (Å²) in [4.78, 5) is 20.9. The lowest BCUT2D eigenvalue weighted by atomic mass is 10.1. The van der Waals surface area contributed by atoms with Crippen LogP contribution in [0.25, 0.3) is 0 Å².